The first-order chi connectivity index (χ1) is 15.1. The zero-order chi connectivity index (χ0) is 25.2. The average molecular weight is 475 g/mol. The number of aromatic hydroxyl groups is 2. The van der Waals surface area contributed by atoms with Gasteiger partial charge >= 0.3 is 0 Å². The number of aryl methyl sites for hydroxylation is 2. The molecular weight excluding hydrogens is 432 g/mol. The molecule has 0 aliphatic rings. The number of rotatable bonds is 8. The molecule has 0 aromatic heterocycles. The van der Waals surface area contributed by atoms with Gasteiger partial charge in [0.25, 0.3) is 0 Å². The topological polar surface area (TPSA) is 74.6 Å². The van der Waals surface area contributed by atoms with Crippen molar-refractivity contribution in [2.45, 2.75) is 115 Å². The van der Waals surface area contributed by atoms with Gasteiger partial charge in [-0.25, -0.2) is 8.42 Å². The van der Waals surface area contributed by atoms with E-state index in [1.54, 1.807) is 24.3 Å². The minimum atomic E-state index is -3.94. The smallest absolute Gasteiger partial charge is 0.207 e. The Morgan fingerprint density at radius 2 is 1.00 bits per heavy atom. The lowest BCUT2D eigenvalue weighted by Gasteiger charge is -2.29. The van der Waals surface area contributed by atoms with Gasteiger partial charge in [0.05, 0.1) is 9.79 Å². The summed E-state index contributed by atoms with van der Waals surface area (Å²) in [5.41, 5.74) is 1.62. The summed E-state index contributed by atoms with van der Waals surface area (Å²) < 4.78 is 29.2. The van der Waals surface area contributed by atoms with E-state index in [4.69, 9.17) is 0 Å². The van der Waals surface area contributed by atoms with E-state index in [0.717, 1.165) is 25.7 Å². The Balaban J connectivity index is 3.03. The molecular formula is C28H42O4S. The van der Waals surface area contributed by atoms with Gasteiger partial charge in [-0.1, -0.05) is 68.2 Å². The Morgan fingerprint density at radius 3 is 1.27 bits per heavy atom. The lowest BCUT2D eigenvalue weighted by atomic mass is 9.85. The molecule has 0 unspecified atom stereocenters. The summed E-state index contributed by atoms with van der Waals surface area (Å²) in [7, 11) is -3.94. The number of sulfone groups is 1. The maximum Gasteiger partial charge on any atom is 0.207 e. The summed E-state index contributed by atoms with van der Waals surface area (Å²) >= 11 is 0. The number of hydrogen-bond donors (Lipinski definition) is 2. The van der Waals surface area contributed by atoms with Gasteiger partial charge in [-0.05, 0) is 83.0 Å². The Hall–Kier alpha value is -2.01. The lowest BCUT2D eigenvalue weighted by molar-refractivity contribution is 0.466. The molecule has 0 heterocycles. The molecule has 0 aliphatic carbocycles. The molecule has 2 aromatic rings. The van der Waals surface area contributed by atoms with Crippen molar-refractivity contribution >= 4 is 9.84 Å². The van der Waals surface area contributed by atoms with Gasteiger partial charge in [0.2, 0.25) is 9.84 Å². The molecule has 0 radical (unpaired) electrons. The van der Waals surface area contributed by atoms with Crippen LogP contribution in [0.4, 0.5) is 0 Å². The predicted molar refractivity (Wildman–Crippen MR) is 136 cm³/mol. The van der Waals surface area contributed by atoms with Crippen LogP contribution >= 0.6 is 0 Å². The molecule has 0 aliphatic heterocycles. The van der Waals surface area contributed by atoms with E-state index in [9.17, 15) is 18.6 Å². The Morgan fingerprint density at radius 1 is 0.667 bits per heavy atom. The van der Waals surface area contributed by atoms with E-state index in [1.165, 1.54) is 0 Å². The molecule has 5 heteroatoms. The SMILES string of the molecule is CCCCc1cc(O)cc(C(C)(C)C)c1S(=O)(=O)c1c(CCCC)cc(O)cc1C(C)(C)C. The molecule has 2 N–H and O–H groups in total. The van der Waals surface area contributed by atoms with Gasteiger partial charge in [0.15, 0.2) is 0 Å². The Bertz CT molecular complexity index is 1000. The van der Waals surface area contributed by atoms with Crippen LogP contribution < -0.4 is 0 Å². The maximum atomic E-state index is 14.6. The van der Waals surface area contributed by atoms with E-state index >= 15 is 0 Å². The largest absolute Gasteiger partial charge is 0.508 e. The van der Waals surface area contributed by atoms with Crippen LogP contribution in [0.2, 0.25) is 0 Å². The van der Waals surface area contributed by atoms with Crippen molar-refractivity contribution in [1.82, 2.24) is 0 Å². The minimum Gasteiger partial charge on any atom is -0.508 e. The van der Waals surface area contributed by atoms with Crippen LogP contribution in [0, 0.1) is 0 Å². The summed E-state index contributed by atoms with van der Waals surface area (Å²) in [6.07, 6.45) is 4.67. The van der Waals surface area contributed by atoms with Crippen molar-refractivity contribution in [3.8, 4) is 11.5 Å². The molecule has 33 heavy (non-hydrogen) atoms. The summed E-state index contributed by atoms with van der Waals surface area (Å²) in [4.78, 5) is 0.630. The first-order valence-electron chi connectivity index (χ1n) is 12.1. The van der Waals surface area contributed by atoms with Crippen LogP contribution in [0.5, 0.6) is 11.5 Å². The fourth-order valence-corrected chi connectivity index (χ4v) is 6.83. The van der Waals surface area contributed by atoms with Crippen LogP contribution in [0.25, 0.3) is 0 Å². The summed E-state index contributed by atoms with van der Waals surface area (Å²) in [5.74, 6) is 0.191. The molecule has 184 valence electrons. The van der Waals surface area contributed by atoms with E-state index in [2.05, 4.69) is 13.8 Å². The van der Waals surface area contributed by atoms with E-state index in [-0.39, 0.29) is 11.5 Å². The second kappa shape index (κ2) is 10.1. The summed E-state index contributed by atoms with van der Waals surface area (Å²) in [5, 5.41) is 21.0. The second-order valence-corrected chi connectivity index (χ2v) is 13.0. The Kier molecular flexibility index (Phi) is 8.32. The zero-order valence-corrected chi connectivity index (χ0v) is 22.5. The van der Waals surface area contributed by atoms with Crippen molar-refractivity contribution in [3.05, 3.63) is 46.5 Å². The van der Waals surface area contributed by atoms with Crippen molar-refractivity contribution in [1.29, 1.82) is 0 Å². The van der Waals surface area contributed by atoms with Crippen molar-refractivity contribution in [3.63, 3.8) is 0 Å². The molecule has 0 amide bonds. The number of phenols is 2. The van der Waals surface area contributed by atoms with E-state index in [1.807, 2.05) is 41.5 Å². The van der Waals surface area contributed by atoms with E-state index in [0.29, 0.717) is 44.9 Å². The first kappa shape index (κ1) is 27.2. The van der Waals surface area contributed by atoms with Crippen LogP contribution in [0.15, 0.2) is 34.1 Å². The summed E-state index contributed by atoms with van der Waals surface area (Å²) in [6, 6.07) is 6.43. The summed E-state index contributed by atoms with van der Waals surface area (Å²) in [6.45, 7) is 16.0. The fraction of sp³-hybridized carbons (Fsp3) is 0.571. The third kappa shape index (κ3) is 6.11. The van der Waals surface area contributed by atoms with Gasteiger partial charge in [-0.15, -0.1) is 0 Å². The number of benzene rings is 2. The van der Waals surface area contributed by atoms with Gasteiger partial charge < -0.3 is 10.2 Å². The van der Waals surface area contributed by atoms with Crippen molar-refractivity contribution in [2.24, 2.45) is 0 Å². The number of phenolic OH excluding ortho intramolecular Hbond substituents is 2. The highest BCUT2D eigenvalue weighted by atomic mass is 32.2. The second-order valence-electron chi connectivity index (χ2n) is 11.2. The first-order valence-corrected chi connectivity index (χ1v) is 13.6. The predicted octanol–water partition coefficient (Wildman–Crippen LogP) is 7.21. The standard InChI is InChI=1S/C28H42O4S/c1-9-11-13-19-15-21(29)17-23(27(3,4)5)25(19)33(31,32)26-20(14-12-10-2)16-22(30)18-24(26)28(6,7)8/h15-18,29-30H,9-14H2,1-8H3. The number of hydrogen-bond acceptors (Lipinski definition) is 4. The third-order valence-electron chi connectivity index (χ3n) is 6.05. The quantitative estimate of drug-likeness (QED) is 0.424. The fourth-order valence-electron chi connectivity index (χ4n) is 4.30. The molecule has 4 nitrogen and oxygen atoms in total. The van der Waals surface area contributed by atoms with Gasteiger partial charge in [-0.2, -0.15) is 0 Å². The monoisotopic (exact) mass is 474 g/mol. The lowest BCUT2D eigenvalue weighted by Crippen LogP contribution is -2.23. The van der Waals surface area contributed by atoms with Gasteiger partial charge in [0.1, 0.15) is 11.5 Å². The highest BCUT2D eigenvalue weighted by Crippen LogP contribution is 2.43. The van der Waals surface area contributed by atoms with Gasteiger partial charge in [-0.3, -0.25) is 0 Å². The molecule has 0 saturated heterocycles. The van der Waals surface area contributed by atoms with Crippen molar-refractivity contribution in [2.75, 3.05) is 0 Å². The molecule has 0 saturated carbocycles. The average Bonchev–Trinajstić information content (AvgIpc) is 2.67. The van der Waals surface area contributed by atoms with Crippen LogP contribution in [-0.2, 0) is 33.5 Å². The molecule has 2 rings (SSSR count). The van der Waals surface area contributed by atoms with Gasteiger partial charge in [0, 0.05) is 0 Å². The third-order valence-corrected chi connectivity index (χ3v) is 8.09. The highest BCUT2D eigenvalue weighted by Gasteiger charge is 2.36. The van der Waals surface area contributed by atoms with Crippen LogP contribution in [0.3, 0.4) is 0 Å². The highest BCUT2D eigenvalue weighted by molar-refractivity contribution is 7.91. The normalized spacial score (nSPS) is 12.8. The molecule has 2 aromatic carbocycles. The zero-order valence-electron chi connectivity index (χ0n) is 21.7. The Labute approximate surface area is 201 Å². The molecule has 0 atom stereocenters. The molecule has 0 fully saturated rings. The molecule has 0 spiro atoms. The van der Waals surface area contributed by atoms with Crippen LogP contribution in [-0.4, -0.2) is 18.6 Å². The number of unbranched alkanes of at least 4 members (excludes halogenated alkanes) is 2. The minimum absolute atomic E-state index is 0.0953. The van der Waals surface area contributed by atoms with Crippen molar-refractivity contribution < 1.29 is 18.6 Å². The maximum absolute atomic E-state index is 14.6. The van der Waals surface area contributed by atoms with Crippen LogP contribution in [0.1, 0.15) is 103 Å². The van der Waals surface area contributed by atoms with E-state index < -0.39 is 20.7 Å². The molecule has 0 bridgehead atoms.